The minimum atomic E-state index is -0.117. The Hall–Kier alpha value is -2.48. The first-order valence-corrected chi connectivity index (χ1v) is 7.99. The second-order valence-corrected chi connectivity index (χ2v) is 6.59. The highest BCUT2D eigenvalue weighted by molar-refractivity contribution is 5.39. The molecule has 24 heavy (non-hydrogen) atoms. The minimum absolute atomic E-state index is 0.117. The summed E-state index contributed by atoms with van der Waals surface area (Å²) in [6.45, 7) is 7.16. The molecule has 0 amide bonds. The topological polar surface area (TPSA) is 92.3 Å². The molecule has 0 unspecified atom stereocenters. The van der Waals surface area contributed by atoms with Crippen LogP contribution in [0.3, 0.4) is 0 Å². The Morgan fingerprint density at radius 1 is 1.29 bits per heavy atom. The summed E-state index contributed by atoms with van der Waals surface area (Å²) in [7, 11) is 1.93. The zero-order valence-electron chi connectivity index (χ0n) is 14.4. The normalized spacial score (nSPS) is 11.9. The van der Waals surface area contributed by atoms with Gasteiger partial charge in [-0.2, -0.15) is 4.98 Å². The Bertz CT molecular complexity index is 891. The van der Waals surface area contributed by atoms with E-state index in [-0.39, 0.29) is 5.56 Å². The third kappa shape index (κ3) is 3.70. The van der Waals surface area contributed by atoms with Crippen molar-refractivity contribution in [1.29, 1.82) is 0 Å². The number of rotatable bonds is 6. The van der Waals surface area contributed by atoms with Crippen LogP contribution in [-0.4, -0.2) is 36.7 Å². The standard InChI is InChI=1S/C16H22N6O2/c1-10(2)5-13-18-15(24-20-13)9-21(4)8-12-7-16(23)22-14(17-12)6-11(3)19-22/h6-7,10,19H,5,8-9H2,1-4H3. The van der Waals surface area contributed by atoms with E-state index in [4.69, 9.17) is 4.52 Å². The average molecular weight is 330 g/mol. The molecule has 0 saturated carbocycles. The zero-order chi connectivity index (χ0) is 17.3. The maximum atomic E-state index is 12.1. The first-order valence-electron chi connectivity index (χ1n) is 7.99. The van der Waals surface area contributed by atoms with Crippen molar-refractivity contribution >= 4 is 5.65 Å². The van der Waals surface area contributed by atoms with Crippen molar-refractivity contribution in [3.05, 3.63) is 45.6 Å². The van der Waals surface area contributed by atoms with Gasteiger partial charge in [0.15, 0.2) is 11.5 Å². The zero-order valence-corrected chi connectivity index (χ0v) is 14.4. The molecule has 3 aromatic rings. The molecule has 1 N–H and O–H groups in total. The first-order chi connectivity index (χ1) is 11.4. The summed E-state index contributed by atoms with van der Waals surface area (Å²) in [4.78, 5) is 23.0. The van der Waals surface area contributed by atoms with Crippen molar-refractivity contribution in [2.75, 3.05) is 7.05 Å². The molecule has 3 rings (SSSR count). The molecular weight excluding hydrogens is 308 g/mol. The van der Waals surface area contributed by atoms with Gasteiger partial charge in [-0.1, -0.05) is 19.0 Å². The van der Waals surface area contributed by atoms with E-state index < -0.39 is 0 Å². The molecule has 0 aliphatic rings. The molecule has 3 aromatic heterocycles. The summed E-state index contributed by atoms with van der Waals surface area (Å²) in [5.74, 6) is 1.79. The molecule has 0 fully saturated rings. The van der Waals surface area contributed by atoms with E-state index in [0.29, 0.717) is 36.2 Å². The van der Waals surface area contributed by atoms with Crippen LogP contribution < -0.4 is 5.56 Å². The lowest BCUT2D eigenvalue weighted by Crippen LogP contribution is -2.22. The van der Waals surface area contributed by atoms with Crippen molar-refractivity contribution in [1.82, 2.24) is 29.6 Å². The number of H-pyrrole nitrogens is 1. The largest absolute Gasteiger partial charge is 0.338 e. The van der Waals surface area contributed by atoms with Crippen molar-refractivity contribution in [2.24, 2.45) is 5.92 Å². The van der Waals surface area contributed by atoms with Crippen molar-refractivity contribution < 1.29 is 4.52 Å². The molecule has 0 aliphatic heterocycles. The molecule has 8 heteroatoms. The van der Waals surface area contributed by atoms with Crippen LogP contribution in [0.2, 0.25) is 0 Å². The Labute approximate surface area is 139 Å². The lowest BCUT2D eigenvalue weighted by molar-refractivity contribution is 0.258. The van der Waals surface area contributed by atoms with Crippen LogP contribution in [0.1, 0.15) is 37.0 Å². The number of nitrogens with one attached hydrogen (secondary N) is 1. The van der Waals surface area contributed by atoms with E-state index in [0.717, 1.165) is 17.9 Å². The molecule has 0 atom stereocenters. The van der Waals surface area contributed by atoms with Crippen LogP contribution in [0, 0.1) is 12.8 Å². The van der Waals surface area contributed by atoms with Gasteiger partial charge in [0.1, 0.15) is 0 Å². The van der Waals surface area contributed by atoms with Crippen LogP contribution in [0.15, 0.2) is 21.5 Å². The summed E-state index contributed by atoms with van der Waals surface area (Å²) in [5, 5.41) is 6.95. The van der Waals surface area contributed by atoms with Crippen LogP contribution in [0.25, 0.3) is 5.65 Å². The van der Waals surface area contributed by atoms with Crippen molar-refractivity contribution in [3.8, 4) is 0 Å². The highest BCUT2D eigenvalue weighted by Crippen LogP contribution is 2.08. The van der Waals surface area contributed by atoms with E-state index >= 15 is 0 Å². The summed E-state index contributed by atoms with van der Waals surface area (Å²) >= 11 is 0. The maximum absolute atomic E-state index is 12.1. The van der Waals surface area contributed by atoms with Gasteiger partial charge in [0.05, 0.1) is 12.2 Å². The third-order valence-electron chi connectivity index (χ3n) is 3.57. The predicted octanol–water partition coefficient (Wildman–Crippen LogP) is 1.54. The lowest BCUT2D eigenvalue weighted by Gasteiger charge is -2.13. The highest BCUT2D eigenvalue weighted by atomic mass is 16.5. The molecule has 3 heterocycles. The summed E-state index contributed by atoms with van der Waals surface area (Å²) in [6.07, 6.45) is 0.801. The van der Waals surface area contributed by atoms with Gasteiger partial charge in [0.25, 0.3) is 5.56 Å². The predicted molar refractivity (Wildman–Crippen MR) is 88.6 cm³/mol. The van der Waals surface area contributed by atoms with Crippen LogP contribution >= 0.6 is 0 Å². The van der Waals surface area contributed by atoms with Gasteiger partial charge in [-0.15, -0.1) is 0 Å². The summed E-state index contributed by atoms with van der Waals surface area (Å²) in [5.41, 5.74) is 2.12. The first kappa shape index (κ1) is 16.4. The number of aromatic amines is 1. The maximum Gasteiger partial charge on any atom is 0.272 e. The molecule has 0 saturated heterocycles. The number of nitrogens with zero attached hydrogens (tertiary/aromatic N) is 5. The molecule has 0 radical (unpaired) electrons. The van der Waals surface area contributed by atoms with Gasteiger partial charge in [-0.05, 0) is 19.9 Å². The molecule has 0 aliphatic carbocycles. The Kier molecular flexibility index (Phi) is 4.48. The number of hydrogen-bond acceptors (Lipinski definition) is 6. The monoisotopic (exact) mass is 330 g/mol. The Morgan fingerprint density at radius 2 is 2.08 bits per heavy atom. The SMILES string of the molecule is Cc1cc2nc(CN(C)Cc3nc(CC(C)C)no3)cc(=O)n2[nH]1. The quantitative estimate of drug-likeness (QED) is 0.737. The van der Waals surface area contributed by atoms with Crippen LogP contribution in [-0.2, 0) is 19.5 Å². The van der Waals surface area contributed by atoms with Gasteiger partial charge in [0, 0.05) is 30.8 Å². The average Bonchev–Trinajstić information content (AvgIpc) is 3.04. The molecule has 8 nitrogen and oxygen atoms in total. The fourth-order valence-electron chi connectivity index (χ4n) is 2.61. The fourth-order valence-corrected chi connectivity index (χ4v) is 2.61. The second-order valence-electron chi connectivity index (χ2n) is 6.59. The Balaban J connectivity index is 1.69. The molecule has 0 aromatic carbocycles. The summed E-state index contributed by atoms with van der Waals surface area (Å²) in [6, 6.07) is 3.39. The second kappa shape index (κ2) is 6.56. The van der Waals surface area contributed by atoms with Crippen molar-refractivity contribution in [3.63, 3.8) is 0 Å². The number of aromatic nitrogens is 5. The van der Waals surface area contributed by atoms with E-state index in [1.807, 2.05) is 24.9 Å². The van der Waals surface area contributed by atoms with Gasteiger partial charge in [-0.3, -0.25) is 14.8 Å². The molecule has 0 spiro atoms. The number of fused-ring (bicyclic) bond motifs is 1. The smallest absolute Gasteiger partial charge is 0.272 e. The van der Waals surface area contributed by atoms with Gasteiger partial charge in [0.2, 0.25) is 5.89 Å². The fraction of sp³-hybridized carbons (Fsp3) is 0.500. The highest BCUT2D eigenvalue weighted by Gasteiger charge is 2.12. The van der Waals surface area contributed by atoms with Crippen LogP contribution in [0.4, 0.5) is 0 Å². The van der Waals surface area contributed by atoms with Gasteiger partial charge in [-0.25, -0.2) is 9.50 Å². The molecular formula is C16H22N6O2. The summed E-state index contributed by atoms with van der Waals surface area (Å²) < 4.78 is 6.72. The third-order valence-corrected chi connectivity index (χ3v) is 3.57. The van der Waals surface area contributed by atoms with Crippen molar-refractivity contribution in [2.45, 2.75) is 40.3 Å². The van der Waals surface area contributed by atoms with Crippen LogP contribution in [0.5, 0.6) is 0 Å². The minimum Gasteiger partial charge on any atom is -0.338 e. The molecule has 0 bridgehead atoms. The lowest BCUT2D eigenvalue weighted by atomic mass is 10.1. The van der Waals surface area contributed by atoms with E-state index in [2.05, 4.69) is 34.1 Å². The molecule has 128 valence electrons. The number of aryl methyl sites for hydroxylation is 1. The number of hydrogen-bond donors (Lipinski definition) is 1. The Morgan fingerprint density at radius 3 is 2.83 bits per heavy atom. The van der Waals surface area contributed by atoms with E-state index in [9.17, 15) is 4.79 Å². The van der Waals surface area contributed by atoms with E-state index in [1.54, 1.807) is 0 Å². The van der Waals surface area contributed by atoms with E-state index in [1.165, 1.54) is 10.6 Å². The van der Waals surface area contributed by atoms with Gasteiger partial charge < -0.3 is 4.52 Å². The van der Waals surface area contributed by atoms with Gasteiger partial charge >= 0.3 is 0 Å².